The fourth-order valence-corrected chi connectivity index (χ4v) is 4.40. The molecule has 0 saturated heterocycles. The van der Waals surface area contributed by atoms with E-state index in [2.05, 4.69) is 39.0 Å². The number of aromatic hydroxyl groups is 3. The van der Waals surface area contributed by atoms with Gasteiger partial charge in [-0.15, -0.1) is 0 Å². The van der Waals surface area contributed by atoms with E-state index >= 15 is 0 Å². The number of rotatable bonds is 5. The summed E-state index contributed by atoms with van der Waals surface area (Å²) in [6, 6.07) is 28.5. The largest absolute Gasteiger partial charge is 0.508 e. The monoisotopic (exact) mass is 424 g/mol. The van der Waals surface area contributed by atoms with E-state index in [4.69, 9.17) is 0 Å². The Hall–Kier alpha value is -3.72. The maximum absolute atomic E-state index is 9.87. The Morgan fingerprint density at radius 3 is 1.41 bits per heavy atom. The molecule has 4 aromatic carbocycles. The molecule has 0 fully saturated rings. The summed E-state index contributed by atoms with van der Waals surface area (Å²) in [5.74, 6) is 0.986. The zero-order valence-electron chi connectivity index (χ0n) is 18.6. The second kappa shape index (κ2) is 8.43. The van der Waals surface area contributed by atoms with Gasteiger partial charge in [0.2, 0.25) is 0 Å². The summed E-state index contributed by atoms with van der Waals surface area (Å²) in [4.78, 5) is 0. The minimum atomic E-state index is -0.492. The molecule has 3 heteroatoms. The Bertz CT molecular complexity index is 1160. The molecule has 4 aromatic rings. The van der Waals surface area contributed by atoms with Gasteiger partial charge in [-0.25, -0.2) is 0 Å². The van der Waals surface area contributed by atoms with Crippen LogP contribution in [0.15, 0.2) is 91.0 Å². The van der Waals surface area contributed by atoms with Gasteiger partial charge in [0.05, 0.1) is 0 Å². The Balaban J connectivity index is 1.95. The van der Waals surface area contributed by atoms with E-state index in [9.17, 15) is 15.3 Å². The molecule has 0 aliphatic rings. The van der Waals surface area contributed by atoms with Crippen LogP contribution >= 0.6 is 0 Å². The lowest BCUT2D eigenvalue weighted by atomic mass is 9.68. The highest BCUT2D eigenvalue weighted by atomic mass is 16.3. The van der Waals surface area contributed by atoms with E-state index < -0.39 is 5.41 Å². The molecule has 0 amide bonds. The minimum absolute atomic E-state index is 0.230. The number of hydrogen-bond donors (Lipinski definition) is 3. The molecule has 0 heterocycles. The average molecular weight is 425 g/mol. The van der Waals surface area contributed by atoms with Gasteiger partial charge in [-0.1, -0.05) is 68.4 Å². The van der Waals surface area contributed by atoms with E-state index in [1.807, 2.05) is 36.4 Å². The highest BCUT2D eigenvalue weighted by molar-refractivity contribution is 5.67. The van der Waals surface area contributed by atoms with Gasteiger partial charge in [-0.3, -0.25) is 0 Å². The predicted octanol–water partition coefficient (Wildman–Crippen LogP) is 6.95. The van der Waals surface area contributed by atoms with Crippen LogP contribution in [0.1, 0.15) is 48.9 Å². The Morgan fingerprint density at radius 1 is 0.562 bits per heavy atom. The fraction of sp³-hybridized carbons (Fsp3) is 0.172. The van der Waals surface area contributed by atoms with Crippen molar-refractivity contribution in [3.8, 4) is 28.4 Å². The van der Waals surface area contributed by atoms with Crippen molar-refractivity contribution in [1.82, 2.24) is 0 Å². The second-order valence-corrected chi connectivity index (χ2v) is 8.72. The molecule has 3 N–H and O–H groups in total. The Labute approximate surface area is 189 Å². The van der Waals surface area contributed by atoms with Crippen LogP contribution in [0, 0.1) is 0 Å². The maximum atomic E-state index is 9.87. The fourth-order valence-electron chi connectivity index (χ4n) is 4.40. The lowest BCUT2D eigenvalue weighted by molar-refractivity contribution is 0.474. The van der Waals surface area contributed by atoms with Crippen molar-refractivity contribution in [3.63, 3.8) is 0 Å². The SMILES string of the molecule is CC(C)c1cc(-c2ccc(O)cc2)ccc1C(C)(c1ccc(O)cc1)c1ccc(O)cc1. The normalized spacial score (nSPS) is 11.6. The summed E-state index contributed by atoms with van der Waals surface area (Å²) in [5, 5.41) is 29.4. The van der Waals surface area contributed by atoms with Gasteiger partial charge >= 0.3 is 0 Å². The molecule has 0 saturated carbocycles. The van der Waals surface area contributed by atoms with Crippen LogP contribution in [0.4, 0.5) is 0 Å². The molecule has 0 spiro atoms. The minimum Gasteiger partial charge on any atom is -0.508 e. The first-order valence-corrected chi connectivity index (χ1v) is 10.8. The third-order valence-corrected chi connectivity index (χ3v) is 6.30. The standard InChI is InChI=1S/C29H28O3/c1-19(2)27-18-21(20-4-11-24(30)12-5-20)6-17-28(27)29(3,22-7-13-25(31)14-8-22)23-9-15-26(32)16-10-23/h4-19,30-32H,1-3H3. The van der Waals surface area contributed by atoms with E-state index in [0.29, 0.717) is 0 Å². The third kappa shape index (κ3) is 3.94. The zero-order valence-corrected chi connectivity index (χ0v) is 18.6. The third-order valence-electron chi connectivity index (χ3n) is 6.30. The van der Waals surface area contributed by atoms with Gasteiger partial charge in [0, 0.05) is 5.41 Å². The Morgan fingerprint density at radius 2 is 0.969 bits per heavy atom. The summed E-state index contributed by atoms with van der Waals surface area (Å²) in [6.07, 6.45) is 0. The van der Waals surface area contributed by atoms with Crippen molar-refractivity contribution in [1.29, 1.82) is 0 Å². The number of benzene rings is 4. The lowest BCUT2D eigenvalue weighted by Crippen LogP contribution is -2.27. The van der Waals surface area contributed by atoms with Crippen LogP contribution in [-0.2, 0) is 5.41 Å². The van der Waals surface area contributed by atoms with Crippen molar-refractivity contribution in [3.05, 3.63) is 113 Å². The molecule has 0 unspecified atom stereocenters. The highest BCUT2D eigenvalue weighted by Crippen LogP contribution is 2.44. The van der Waals surface area contributed by atoms with Crippen molar-refractivity contribution in [2.24, 2.45) is 0 Å². The van der Waals surface area contributed by atoms with E-state index in [1.165, 1.54) is 11.1 Å². The van der Waals surface area contributed by atoms with Crippen LogP contribution in [0.3, 0.4) is 0 Å². The lowest BCUT2D eigenvalue weighted by Gasteiger charge is -2.35. The van der Waals surface area contributed by atoms with E-state index in [-0.39, 0.29) is 23.2 Å². The van der Waals surface area contributed by atoms with Gasteiger partial charge in [-0.05, 0) is 82.6 Å². The molecule has 0 radical (unpaired) electrons. The van der Waals surface area contributed by atoms with Crippen LogP contribution in [0.25, 0.3) is 11.1 Å². The van der Waals surface area contributed by atoms with E-state index in [1.54, 1.807) is 36.4 Å². The quantitative estimate of drug-likeness (QED) is 0.304. The summed E-state index contributed by atoms with van der Waals surface area (Å²) in [7, 11) is 0. The van der Waals surface area contributed by atoms with E-state index in [0.717, 1.165) is 22.3 Å². The van der Waals surface area contributed by atoms with Gasteiger partial charge in [-0.2, -0.15) is 0 Å². The predicted molar refractivity (Wildman–Crippen MR) is 129 cm³/mol. The summed E-state index contributed by atoms with van der Waals surface area (Å²) < 4.78 is 0. The number of phenolic OH excluding ortho intramolecular Hbond substituents is 3. The number of hydrogen-bond acceptors (Lipinski definition) is 3. The van der Waals surface area contributed by atoms with Crippen LogP contribution in [0.5, 0.6) is 17.2 Å². The highest BCUT2D eigenvalue weighted by Gasteiger charge is 2.34. The van der Waals surface area contributed by atoms with Crippen LogP contribution in [-0.4, -0.2) is 15.3 Å². The van der Waals surface area contributed by atoms with Crippen molar-refractivity contribution in [2.45, 2.75) is 32.1 Å². The molecule has 32 heavy (non-hydrogen) atoms. The van der Waals surface area contributed by atoms with Crippen LogP contribution in [0.2, 0.25) is 0 Å². The smallest absolute Gasteiger partial charge is 0.115 e. The Kier molecular flexibility index (Phi) is 5.67. The molecule has 0 bridgehead atoms. The summed E-state index contributed by atoms with van der Waals surface area (Å²) in [6.45, 7) is 6.56. The molecular weight excluding hydrogens is 396 g/mol. The molecule has 162 valence electrons. The zero-order chi connectivity index (χ0) is 22.9. The molecule has 0 aliphatic carbocycles. The molecule has 4 rings (SSSR count). The average Bonchev–Trinajstić information content (AvgIpc) is 2.79. The summed E-state index contributed by atoms with van der Waals surface area (Å²) in [5.41, 5.74) is 6.16. The first kappa shape index (κ1) is 21.5. The van der Waals surface area contributed by atoms with Crippen molar-refractivity contribution >= 4 is 0 Å². The van der Waals surface area contributed by atoms with Gasteiger partial charge in [0.15, 0.2) is 0 Å². The van der Waals surface area contributed by atoms with Crippen molar-refractivity contribution in [2.75, 3.05) is 0 Å². The van der Waals surface area contributed by atoms with Gasteiger partial charge in [0.1, 0.15) is 17.2 Å². The summed E-state index contributed by atoms with van der Waals surface area (Å²) >= 11 is 0. The molecule has 3 nitrogen and oxygen atoms in total. The first-order chi connectivity index (χ1) is 15.3. The second-order valence-electron chi connectivity index (χ2n) is 8.72. The molecule has 0 aromatic heterocycles. The molecular formula is C29H28O3. The topological polar surface area (TPSA) is 60.7 Å². The maximum Gasteiger partial charge on any atom is 0.115 e. The number of phenols is 3. The van der Waals surface area contributed by atoms with Gasteiger partial charge < -0.3 is 15.3 Å². The van der Waals surface area contributed by atoms with Crippen molar-refractivity contribution < 1.29 is 15.3 Å². The first-order valence-electron chi connectivity index (χ1n) is 10.8. The van der Waals surface area contributed by atoms with Gasteiger partial charge in [0.25, 0.3) is 0 Å². The van der Waals surface area contributed by atoms with Crippen LogP contribution < -0.4 is 0 Å². The molecule has 0 atom stereocenters. The molecule has 0 aliphatic heterocycles.